The molecule has 0 aromatic heterocycles. The van der Waals surface area contributed by atoms with E-state index in [0.717, 1.165) is 18.7 Å². The summed E-state index contributed by atoms with van der Waals surface area (Å²) in [5.74, 6) is 0.594. The van der Waals surface area contributed by atoms with Gasteiger partial charge in [-0.1, -0.05) is 25.1 Å². The zero-order chi connectivity index (χ0) is 17.4. The number of carbonyl (C=O) groups excluding carboxylic acids is 2. The number of aliphatic imine (C=N–C) groups is 1. The molecule has 0 aliphatic carbocycles. The van der Waals surface area contributed by atoms with Crippen molar-refractivity contribution >= 4 is 23.5 Å². The van der Waals surface area contributed by atoms with Crippen LogP contribution in [0.5, 0.6) is 0 Å². The topological polar surface area (TPSA) is 85.8 Å². The third-order valence-electron chi connectivity index (χ3n) is 3.88. The number of nitrogens with zero attached hydrogens (tertiary/aromatic N) is 2. The van der Waals surface area contributed by atoms with E-state index in [1.165, 1.54) is 0 Å². The first-order chi connectivity index (χ1) is 11.6. The highest BCUT2D eigenvalue weighted by atomic mass is 16.2. The summed E-state index contributed by atoms with van der Waals surface area (Å²) >= 11 is 0. The zero-order valence-corrected chi connectivity index (χ0v) is 14.2. The molecule has 1 unspecified atom stereocenters. The summed E-state index contributed by atoms with van der Waals surface area (Å²) in [6, 6.07) is 9.46. The molecule has 1 aliphatic rings. The number of carbonyl (C=O) groups is 2. The minimum absolute atomic E-state index is 0.124. The van der Waals surface area contributed by atoms with E-state index in [1.54, 1.807) is 7.05 Å². The SMILES string of the molecule is CCC(=O)N1CCC(NC(=NC)NCC(=O)Nc2ccccc2)C1. The number of guanidine groups is 1. The van der Waals surface area contributed by atoms with Crippen LogP contribution in [-0.2, 0) is 9.59 Å². The van der Waals surface area contributed by atoms with Crippen LogP contribution in [-0.4, -0.2) is 55.4 Å². The first-order valence-electron chi connectivity index (χ1n) is 8.22. The number of benzene rings is 1. The first kappa shape index (κ1) is 17.8. The highest BCUT2D eigenvalue weighted by molar-refractivity contribution is 5.95. The number of anilines is 1. The fourth-order valence-electron chi connectivity index (χ4n) is 2.61. The van der Waals surface area contributed by atoms with Gasteiger partial charge in [0.15, 0.2) is 5.96 Å². The van der Waals surface area contributed by atoms with Crippen LogP contribution < -0.4 is 16.0 Å². The Bertz CT molecular complexity index is 588. The van der Waals surface area contributed by atoms with Crippen molar-refractivity contribution in [2.24, 2.45) is 4.99 Å². The Hall–Kier alpha value is -2.57. The van der Waals surface area contributed by atoms with Gasteiger partial charge in [0, 0.05) is 38.3 Å². The summed E-state index contributed by atoms with van der Waals surface area (Å²) in [6.07, 6.45) is 1.40. The van der Waals surface area contributed by atoms with Crippen LogP contribution in [0.3, 0.4) is 0 Å². The minimum Gasteiger partial charge on any atom is -0.352 e. The third kappa shape index (κ3) is 5.26. The van der Waals surface area contributed by atoms with Crippen molar-refractivity contribution in [3.8, 4) is 0 Å². The lowest BCUT2D eigenvalue weighted by Crippen LogP contribution is -2.47. The maximum atomic E-state index is 11.9. The average molecular weight is 331 g/mol. The summed E-state index contributed by atoms with van der Waals surface area (Å²) in [5, 5.41) is 9.06. The summed E-state index contributed by atoms with van der Waals surface area (Å²) in [6.45, 7) is 3.42. The molecule has 1 saturated heterocycles. The third-order valence-corrected chi connectivity index (χ3v) is 3.88. The molecule has 1 aliphatic heterocycles. The minimum atomic E-state index is -0.140. The lowest BCUT2D eigenvalue weighted by atomic mass is 10.3. The van der Waals surface area contributed by atoms with Crippen molar-refractivity contribution in [3.05, 3.63) is 30.3 Å². The van der Waals surface area contributed by atoms with Gasteiger partial charge >= 0.3 is 0 Å². The first-order valence-corrected chi connectivity index (χ1v) is 8.22. The zero-order valence-electron chi connectivity index (χ0n) is 14.2. The van der Waals surface area contributed by atoms with Gasteiger partial charge in [-0.05, 0) is 18.6 Å². The molecule has 0 radical (unpaired) electrons. The van der Waals surface area contributed by atoms with Crippen LogP contribution in [0.2, 0.25) is 0 Å². The smallest absolute Gasteiger partial charge is 0.243 e. The lowest BCUT2D eigenvalue weighted by molar-refractivity contribution is -0.129. The molecule has 1 fully saturated rings. The van der Waals surface area contributed by atoms with Gasteiger partial charge in [-0.25, -0.2) is 0 Å². The molecule has 0 bridgehead atoms. The summed E-state index contributed by atoms with van der Waals surface area (Å²) < 4.78 is 0. The molecule has 0 spiro atoms. The van der Waals surface area contributed by atoms with E-state index in [1.807, 2.05) is 42.2 Å². The average Bonchev–Trinajstić information content (AvgIpc) is 3.07. The molecule has 1 aromatic carbocycles. The molecular formula is C17H25N5O2. The molecule has 1 aromatic rings. The van der Waals surface area contributed by atoms with Crippen LogP contribution in [0.4, 0.5) is 5.69 Å². The molecule has 1 heterocycles. The molecule has 1 atom stereocenters. The number of hydrogen-bond acceptors (Lipinski definition) is 3. The number of likely N-dealkylation sites (tertiary alicyclic amines) is 1. The van der Waals surface area contributed by atoms with Crippen molar-refractivity contribution < 1.29 is 9.59 Å². The monoisotopic (exact) mass is 331 g/mol. The highest BCUT2D eigenvalue weighted by Crippen LogP contribution is 2.10. The molecule has 130 valence electrons. The molecule has 7 heteroatoms. The van der Waals surface area contributed by atoms with Crippen molar-refractivity contribution in [3.63, 3.8) is 0 Å². The Morgan fingerprint density at radius 2 is 2.04 bits per heavy atom. The van der Waals surface area contributed by atoms with Crippen molar-refractivity contribution in [1.29, 1.82) is 0 Å². The predicted octanol–water partition coefficient (Wildman–Crippen LogP) is 0.801. The van der Waals surface area contributed by atoms with Crippen LogP contribution in [0.1, 0.15) is 19.8 Å². The Balaban J connectivity index is 1.75. The Labute approximate surface area is 142 Å². The largest absolute Gasteiger partial charge is 0.352 e. The van der Waals surface area contributed by atoms with E-state index in [4.69, 9.17) is 0 Å². The van der Waals surface area contributed by atoms with Gasteiger partial charge in [0.05, 0.1) is 6.54 Å². The van der Waals surface area contributed by atoms with E-state index in [-0.39, 0.29) is 24.4 Å². The van der Waals surface area contributed by atoms with Crippen molar-refractivity contribution in [2.45, 2.75) is 25.8 Å². The van der Waals surface area contributed by atoms with E-state index in [0.29, 0.717) is 18.9 Å². The van der Waals surface area contributed by atoms with Gasteiger partial charge in [0.2, 0.25) is 11.8 Å². The predicted molar refractivity (Wildman–Crippen MR) is 94.8 cm³/mol. The number of para-hydroxylation sites is 1. The van der Waals surface area contributed by atoms with Gasteiger partial charge in [-0.15, -0.1) is 0 Å². The van der Waals surface area contributed by atoms with Gasteiger partial charge in [0.1, 0.15) is 0 Å². The standard InChI is InChI=1S/C17H25N5O2/c1-3-16(24)22-10-9-14(12-22)21-17(18-2)19-11-15(23)20-13-7-5-4-6-8-13/h4-8,14H,3,9-12H2,1-2H3,(H,20,23)(H2,18,19,21). The molecule has 7 nitrogen and oxygen atoms in total. The Kier molecular flexibility index (Phi) is 6.60. The van der Waals surface area contributed by atoms with Crippen LogP contribution in [0.25, 0.3) is 0 Å². The Morgan fingerprint density at radius 1 is 1.29 bits per heavy atom. The number of nitrogens with one attached hydrogen (secondary N) is 3. The Morgan fingerprint density at radius 3 is 2.71 bits per heavy atom. The van der Waals surface area contributed by atoms with E-state index in [9.17, 15) is 9.59 Å². The fourth-order valence-corrected chi connectivity index (χ4v) is 2.61. The molecule has 2 rings (SSSR count). The van der Waals surface area contributed by atoms with E-state index < -0.39 is 0 Å². The van der Waals surface area contributed by atoms with Gasteiger partial charge < -0.3 is 20.9 Å². The van der Waals surface area contributed by atoms with Crippen LogP contribution in [0, 0.1) is 0 Å². The lowest BCUT2D eigenvalue weighted by Gasteiger charge is -2.18. The summed E-state index contributed by atoms with van der Waals surface area (Å²) in [4.78, 5) is 29.6. The van der Waals surface area contributed by atoms with Crippen LogP contribution in [0.15, 0.2) is 35.3 Å². The van der Waals surface area contributed by atoms with Gasteiger partial charge in [-0.2, -0.15) is 0 Å². The van der Waals surface area contributed by atoms with Gasteiger partial charge in [0.25, 0.3) is 0 Å². The summed E-state index contributed by atoms with van der Waals surface area (Å²) in [7, 11) is 1.66. The quantitative estimate of drug-likeness (QED) is 0.550. The molecular weight excluding hydrogens is 306 g/mol. The second-order valence-electron chi connectivity index (χ2n) is 5.66. The summed E-state index contributed by atoms with van der Waals surface area (Å²) in [5.41, 5.74) is 0.761. The second-order valence-corrected chi connectivity index (χ2v) is 5.66. The second kappa shape index (κ2) is 8.90. The van der Waals surface area contributed by atoms with Gasteiger partial charge in [-0.3, -0.25) is 14.6 Å². The number of hydrogen-bond donors (Lipinski definition) is 3. The normalized spacial score (nSPS) is 17.5. The number of rotatable bonds is 5. The molecule has 3 N–H and O–H groups in total. The van der Waals surface area contributed by atoms with E-state index >= 15 is 0 Å². The molecule has 0 saturated carbocycles. The fraction of sp³-hybridized carbons (Fsp3) is 0.471. The van der Waals surface area contributed by atoms with Crippen LogP contribution >= 0.6 is 0 Å². The molecule has 24 heavy (non-hydrogen) atoms. The molecule has 2 amide bonds. The maximum Gasteiger partial charge on any atom is 0.243 e. The van der Waals surface area contributed by atoms with Crippen molar-refractivity contribution in [2.75, 3.05) is 32.0 Å². The van der Waals surface area contributed by atoms with E-state index in [2.05, 4.69) is 20.9 Å². The maximum absolute atomic E-state index is 11.9. The van der Waals surface area contributed by atoms with Crippen molar-refractivity contribution in [1.82, 2.24) is 15.5 Å². The highest BCUT2D eigenvalue weighted by Gasteiger charge is 2.25. The number of amides is 2.